The predicted octanol–water partition coefficient (Wildman–Crippen LogP) is 3.39. The van der Waals surface area contributed by atoms with E-state index in [9.17, 15) is 4.79 Å². The van der Waals surface area contributed by atoms with E-state index in [1.165, 1.54) is 11.3 Å². The van der Waals surface area contributed by atoms with Gasteiger partial charge in [0, 0.05) is 18.2 Å². The SMILES string of the molecule is CSCC(C)N(C)CCCC(=O)c1cccs1. The number of carbonyl (C=O) groups excluding carboxylic acids is 1. The minimum atomic E-state index is 0.283. The van der Waals surface area contributed by atoms with Gasteiger partial charge in [-0.25, -0.2) is 0 Å². The second kappa shape index (κ2) is 7.90. The molecule has 0 saturated heterocycles. The molecule has 0 aliphatic heterocycles. The number of hydrogen-bond donors (Lipinski definition) is 0. The van der Waals surface area contributed by atoms with Crippen molar-refractivity contribution in [2.45, 2.75) is 25.8 Å². The van der Waals surface area contributed by atoms with Crippen LogP contribution in [-0.2, 0) is 0 Å². The Morgan fingerprint density at radius 2 is 2.35 bits per heavy atom. The van der Waals surface area contributed by atoms with E-state index in [0.717, 1.165) is 23.6 Å². The molecular weight excluding hydrogens is 250 g/mol. The van der Waals surface area contributed by atoms with Crippen molar-refractivity contribution in [3.63, 3.8) is 0 Å². The second-order valence-electron chi connectivity index (χ2n) is 4.29. The summed E-state index contributed by atoms with van der Waals surface area (Å²) in [7, 11) is 2.14. The quantitative estimate of drug-likeness (QED) is 0.676. The van der Waals surface area contributed by atoms with Crippen molar-refractivity contribution >= 4 is 28.9 Å². The maximum Gasteiger partial charge on any atom is 0.172 e. The van der Waals surface area contributed by atoms with Gasteiger partial charge in [-0.15, -0.1) is 11.3 Å². The van der Waals surface area contributed by atoms with E-state index < -0.39 is 0 Å². The first-order chi connectivity index (χ1) is 8.15. The average molecular weight is 271 g/mol. The smallest absolute Gasteiger partial charge is 0.172 e. The first kappa shape index (κ1) is 14.7. The lowest BCUT2D eigenvalue weighted by atomic mass is 10.2. The Hall–Kier alpha value is -0.320. The average Bonchev–Trinajstić information content (AvgIpc) is 2.82. The van der Waals surface area contributed by atoms with Gasteiger partial charge in [-0.3, -0.25) is 4.79 Å². The molecule has 0 fully saturated rings. The van der Waals surface area contributed by atoms with E-state index in [1.807, 2.05) is 29.3 Å². The van der Waals surface area contributed by atoms with E-state index >= 15 is 0 Å². The Kier molecular flexibility index (Phi) is 6.85. The van der Waals surface area contributed by atoms with Crippen molar-refractivity contribution < 1.29 is 4.79 Å². The molecule has 0 saturated carbocycles. The molecule has 0 spiro atoms. The maximum absolute atomic E-state index is 11.8. The molecule has 0 radical (unpaired) electrons. The topological polar surface area (TPSA) is 20.3 Å². The first-order valence-electron chi connectivity index (χ1n) is 5.91. The number of thiophene rings is 1. The number of nitrogens with zero attached hydrogens (tertiary/aromatic N) is 1. The van der Waals surface area contributed by atoms with Crippen molar-refractivity contribution in [3.05, 3.63) is 22.4 Å². The molecule has 1 atom stereocenters. The molecule has 1 aromatic heterocycles. The van der Waals surface area contributed by atoms with Gasteiger partial charge in [0.1, 0.15) is 0 Å². The Morgan fingerprint density at radius 3 is 2.94 bits per heavy atom. The van der Waals surface area contributed by atoms with Gasteiger partial charge in [0.25, 0.3) is 0 Å². The van der Waals surface area contributed by atoms with Crippen LogP contribution in [-0.4, -0.2) is 42.3 Å². The fourth-order valence-corrected chi connectivity index (χ4v) is 3.07. The van der Waals surface area contributed by atoms with Gasteiger partial charge in [0.2, 0.25) is 0 Å². The van der Waals surface area contributed by atoms with E-state index in [4.69, 9.17) is 0 Å². The van der Waals surface area contributed by atoms with Crippen LogP contribution in [0.4, 0.5) is 0 Å². The summed E-state index contributed by atoms with van der Waals surface area (Å²) in [6.45, 7) is 3.23. The van der Waals surface area contributed by atoms with Crippen LogP contribution in [0.2, 0.25) is 0 Å². The van der Waals surface area contributed by atoms with Crippen LogP contribution in [0.3, 0.4) is 0 Å². The fraction of sp³-hybridized carbons (Fsp3) is 0.615. The fourth-order valence-electron chi connectivity index (χ4n) is 1.64. The van der Waals surface area contributed by atoms with Crippen molar-refractivity contribution in [3.8, 4) is 0 Å². The van der Waals surface area contributed by atoms with Crippen molar-refractivity contribution in [2.75, 3.05) is 25.6 Å². The lowest BCUT2D eigenvalue weighted by Gasteiger charge is -2.23. The Morgan fingerprint density at radius 1 is 1.59 bits per heavy atom. The molecule has 1 unspecified atom stereocenters. The van der Waals surface area contributed by atoms with Crippen LogP contribution in [0, 0.1) is 0 Å². The molecular formula is C13H21NOS2. The molecule has 0 aromatic carbocycles. The maximum atomic E-state index is 11.8. The molecule has 1 aromatic rings. The molecule has 2 nitrogen and oxygen atoms in total. The van der Waals surface area contributed by atoms with E-state index in [2.05, 4.69) is 25.1 Å². The van der Waals surface area contributed by atoms with Gasteiger partial charge in [0.05, 0.1) is 4.88 Å². The van der Waals surface area contributed by atoms with Gasteiger partial charge >= 0.3 is 0 Å². The largest absolute Gasteiger partial charge is 0.303 e. The van der Waals surface area contributed by atoms with Crippen molar-refractivity contribution in [1.82, 2.24) is 4.90 Å². The summed E-state index contributed by atoms with van der Waals surface area (Å²) < 4.78 is 0. The third-order valence-electron chi connectivity index (χ3n) is 2.87. The van der Waals surface area contributed by atoms with Crippen LogP contribution < -0.4 is 0 Å². The van der Waals surface area contributed by atoms with Crippen LogP contribution in [0.5, 0.6) is 0 Å². The van der Waals surface area contributed by atoms with Crippen molar-refractivity contribution in [2.24, 2.45) is 0 Å². The van der Waals surface area contributed by atoms with Gasteiger partial charge in [-0.1, -0.05) is 6.07 Å². The number of rotatable bonds is 8. The van der Waals surface area contributed by atoms with Gasteiger partial charge < -0.3 is 4.90 Å². The predicted molar refractivity (Wildman–Crippen MR) is 78.4 cm³/mol. The summed E-state index contributed by atoms with van der Waals surface area (Å²) in [5.41, 5.74) is 0. The number of ketones is 1. The normalized spacial score (nSPS) is 12.9. The highest BCUT2D eigenvalue weighted by molar-refractivity contribution is 7.98. The number of thioether (sulfide) groups is 1. The van der Waals surface area contributed by atoms with Crippen LogP contribution in [0.1, 0.15) is 29.4 Å². The van der Waals surface area contributed by atoms with Gasteiger partial charge in [-0.05, 0) is 44.6 Å². The third-order valence-corrected chi connectivity index (χ3v) is 4.60. The van der Waals surface area contributed by atoms with Crippen LogP contribution >= 0.6 is 23.1 Å². The summed E-state index contributed by atoms with van der Waals surface area (Å²) in [6.07, 6.45) is 3.74. The minimum Gasteiger partial charge on any atom is -0.303 e. The molecule has 4 heteroatoms. The molecule has 0 bridgehead atoms. The zero-order chi connectivity index (χ0) is 12.7. The monoisotopic (exact) mass is 271 g/mol. The van der Waals surface area contributed by atoms with Gasteiger partial charge in [0.15, 0.2) is 5.78 Å². The summed E-state index contributed by atoms with van der Waals surface area (Å²) in [6, 6.07) is 4.43. The summed E-state index contributed by atoms with van der Waals surface area (Å²) >= 11 is 3.41. The third kappa shape index (κ3) is 5.23. The zero-order valence-electron chi connectivity index (χ0n) is 10.8. The highest BCUT2D eigenvalue weighted by atomic mass is 32.2. The molecule has 0 N–H and O–H groups in total. The molecule has 1 heterocycles. The summed E-state index contributed by atoms with van der Waals surface area (Å²) in [5.74, 6) is 1.43. The molecule has 96 valence electrons. The first-order valence-corrected chi connectivity index (χ1v) is 8.18. The number of carbonyl (C=O) groups is 1. The molecule has 0 aliphatic carbocycles. The second-order valence-corrected chi connectivity index (χ2v) is 6.15. The van der Waals surface area contributed by atoms with Crippen LogP contribution in [0.25, 0.3) is 0 Å². The van der Waals surface area contributed by atoms with E-state index in [-0.39, 0.29) is 5.78 Å². The lowest BCUT2D eigenvalue weighted by molar-refractivity contribution is 0.0978. The van der Waals surface area contributed by atoms with E-state index in [0.29, 0.717) is 12.5 Å². The Labute approximate surface area is 112 Å². The number of Topliss-reactive ketones (excluding diaryl/α,β-unsaturated/α-hetero) is 1. The molecule has 1 rings (SSSR count). The molecule has 17 heavy (non-hydrogen) atoms. The highest BCUT2D eigenvalue weighted by Crippen LogP contribution is 2.13. The number of hydrogen-bond acceptors (Lipinski definition) is 4. The van der Waals surface area contributed by atoms with Crippen LogP contribution in [0.15, 0.2) is 17.5 Å². The van der Waals surface area contributed by atoms with E-state index in [1.54, 1.807) is 0 Å². The van der Waals surface area contributed by atoms with Crippen molar-refractivity contribution in [1.29, 1.82) is 0 Å². The zero-order valence-corrected chi connectivity index (χ0v) is 12.4. The summed E-state index contributed by atoms with van der Waals surface area (Å²) in [5, 5.41) is 1.96. The Bertz CT molecular complexity index is 324. The highest BCUT2D eigenvalue weighted by Gasteiger charge is 2.10. The Balaban J connectivity index is 2.21. The summed E-state index contributed by atoms with van der Waals surface area (Å²) in [4.78, 5) is 15.0. The minimum absolute atomic E-state index is 0.283. The molecule has 0 amide bonds. The standard InChI is InChI=1S/C13H21NOS2/c1-11(10-16-3)14(2)8-4-6-12(15)13-7-5-9-17-13/h5,7,9,11H,4,6,8,10H2,1-3H3. The lowest BCUT2D eigenvalue weighted by Crippen LogP contribution is -2.32. The molecule has 0 aliphatic rings. The van der Waals surface area contributed by atoms with Gasteiger partial charge in [-0.2, -0.15) is 11.8 Å².